The number of piperazine rings is 1. The summed E-state index contributed by atoms with van der Waals surface area (Å²) in [5.74, 6) is 1.55. The van der Waals surface area contributed by atoms with Crippen LogP contribution in [0.4, 0.5) is 4.39 Å². The smallest absolute Gasteiger partial charge is 0.289 e. The number of carbonyl (C=O) groups excluding carboxylic acids is 1. The predicted octanol–water partition coefficient (Wildman–Crippen LogP) is 6.49. The molecular weight excluding hydrogens is 529 g/mol. The third-order valence-corrected chi connectivity index (χ3v) is 7.32. The van der Waals surface area contributed by atoms with E-state index >= 15 is 0 Å². The van der Waals surface area contributed by atoms with Crippen LogP contribution in [0.15, 0.2) is 101 Å². The van der Waals surface area contributed by atoms with E-state index in [1.54, 1.807) is 18.2 Å². The van der Waals surface area contributed by atoms with Gasteiger partial charge in [-0.1, -0.05) is 66.7 Å². The second-order valence-electron chi connectivity index (χ2n) is 10.5. The fraction of sp³-hybridized carbons (Fsp3) is 0.286. The summed E-state index contributed by atoms with van der Waals surface area (Å²) in [7, 11) is 0. The molecular formula is C35H38FN3O3. The normalized spacial score (nSPS) is 14.1. The van der Waals surface area contributed by atoms with Gasteiger partial charge >= 0.3 is 0 Å². The molecule has 1 aliphatic rings. The highest BCUT2D eigenvalue weighted by molar-refractivity contribution is 5.91. The zero-order valence-electron chi connectivity index (χ0n) is 24.1. The van der Waals surface area contributed by atoms with Gasteiger partial charge < -0.3 is 14.1 Å². The van der Waals surface area contributed by atoms with E-state index in [0.717, 1.165) is 36.5 Å². The van der Waals surface area contributed by atoms with Crippen LogP contribution >= 0.6 is 0 Å². The second kappa shape index (κ2) is 14.6. The van der Waals surface area contributed by atoms with E-state index in [1.165, 1.54) is 11.6 Å². The molecule has 0 radical (unpaired) electrons. The van der Waals surface area contributed by atoms with Crippen LogP contribution in [0.3, 0.4) is 0 Å². The Morgan fingerprint density at radius 1 is 0.881 bits per heavy atom. The highest BCUT2D eigenvalue weighted by Crippen LogP contribution is 2.20. The zero-order valence-corrected chi connectivity index (χ0v) is 24.1. The van der Waals surface area contributed by atoms with Crippen LogP contribution in [0.2, 0.25) is 0 Å². The van der Waals surface area contributed by atoms with Gasteiger partial charge in [-0.2, -0.15) is 0 Å². The number of benzene rings is 3. The molecule has 1 fully saturated rings. The Labute approximate surface area is 247 Å². The molecule has 6 nitrogen and oxygen atoms in total. The van der Waals surface area contributed by atoms with E-state index in [1.807, 2.05) is 66.4 Å². The summed E-state index contributed by atoms with van der Waals surface area (Å²) >= 11 is 0. The molecule has 2 heterocycles. The molecule has 0 N–H and O–H groups in total. The van der Waals surface area contributed by atoms with E-state index in [0.29, 0.717) is 50.9 Å². The minimum absolute atomic E-state index is 0.0797. The third-order valence-electron chi connectivity index (χ3n) is 7.32. The molecule has 7 heteroatoms. The standard InChI is InChI=1S/C35H38FN3O3/c1-2-41-32-15-13-29(14-16-32)25-38(26-30-10-6-12-31(36)24-30)27-33-17-18-34(42-33)35(40)39-22-20-37(21-23-39)19-7-11-28-8-4-3-5-9-28/h3-18,24H,2,19-23,25-27H2,1H3/b11-7+. The first kappa shape index (κ1) is 29.3. The Hall–Kier alpha value is -4.20. The number of hydrogen-bond acceptors (Lipinski definition) is 5. The van der Waals surface area contributed by atoms with Crippen molar-refractivity contribution in [3.05, 3.63) is 131 Å². The van der Waals surface area contributed by atoms with Gasteiger partial charge in [0.15, 0.2) is 5.76 Å². The van der Waals surface area contributed by atoms with Crippen LogP contribution in [0.25, 0.3) is 6.08 Å². The van der Waals surface area contributed by atoms with Crippen molar-refractivity contribution in [2.24, 2.45) is 0 Å². The molecule has 0 saturated carbocycles. The third kappa shape index (κ3) is 8.41. The van der Waals surface area contributed by atoms with Crippen molar-refractivity contribution >= 4 is 12.0 Å². The number of halogens is 1. The van der Waals surface area contributed by atoms with Gasteiger partial charge in [-0.15, -0.1) is 0 Å². The SMILES string of the molecule is CCOc1ccc(CN(Cc2cccc(F)c2)Cc2ccc(C(=O)N3CCN(C/C=C/c4ccccc4)CC3)o2)cc1. The van der Waals surface area contributed by atoms with Gasteiger partial charge in [0.2, 0.25) is 0 Å². The van der Waals surface area contributed by atoms with Crippen LogP contribution in [0.5, 0.6) is 5.75 Å². The van der Waals surface area contributed by atoms with Crippen LogP contribution in [0, 0.1) is 5.82 Å². The van der Waals surface area contributed by atoms with Gasteiger partial charge in [0, 0.05) is 45.8 Å². The Balaban J connectivity index is 1.18. The van der Waals surface area contributed by atoms with Crippen molar-refractivity contribution in [1.29, 1.82) is 0 Å². The average Bonchev–Trinajstić information content (AvgIpc) is 3.47. The number of ether oxygens (including phenoxy) is 1. The lowest BCUT2D eigenvalue weighted by molar-refractivity contribution is 0.0615. The van der Waals surface area contributed by atoms with Gasteiger partial charge in [-0.3, -0.25) is 14.6 Å². The zero-order chi connectivity index (χ0) is 29.1. The number of furan rings is 1. The van der Waals surface area contributed by atoms with E-state index in [2.05, 4.69) is 34.1 Å². The molecule has 4 aromatic rings. The summed E-state index contributed by atoms with van der Waals surface area (Å²) in [6.45, 7) is 8.06. The molecule has 1 aromatic heterocycles. The second-order valence-corrected chi connectivity index (χ2v) is 10.5. The maximum absolute atomic E-state index is 13.9. The highest BCUT2D eigenvalue weighted by atomic mass is 19.1. The number of carbonyl (C=O) groups is 1. The van der Waals surface area contributed by atoms with Gasteiger partial charge in [0.25, 0.3) is 5.91 Å². The molecule has 3 aromatic carbocycles. The van der Waals surface area contributed by atoms with Crippen molar-refractivity contribution in [3.63, 3.8) is 0 Å². The van der Waals surface area contributed by atoms with Crippen LogP contribution < -0.4 is 4.74 Å². The van der Waals surface area contributed by atoms with E-state index in [4.69, 9.17) is 9.15 Å². The first-order valence-corrected chi connectivity index (χ1v) is 14.6. The molecule has 218 valence electrons. The summed E-state index contributed by atoms with van der Waals surface area (Å²) in [5, 5.41) is 0. The largest absolute Gasteiger partial charge is 0.494 e. The quantitative estimate of drug-likeness (QED) is 0.196. The summed E-state index contributed by atoms with van der Waals surface area (Å²) < 4.78 is 25.6. The average molecular weight is 568 g/mol. The molecule has 0 aliphatic carbocycles. The first-order chi connectivity index (χ1) is 20.6. The summed E-state index contributed by atoms with van der Waals surface area (Å²) in [6.07, 6.45) is 4.31. The van der Waals surface area contributed by atoms with E-state index in [-0.39, 0.29) is 11.7 Å². The molecule has 0 atom stereocenters. The Bertz CT molecular complexity index is 1440. The molecule has 1 amide bonds. The lowest BCUT2D eigenvalue weighted by Gasteiger charge is -2.33. The maximum Gasteiger partial charge on any atom is 0.289 e. The Morgan fingerprint density at radius 3 is 2.38 bits per heavy atom. The van der Waals surface area contributed by atoms with Crippen molar-refractivity contribution in [1.82, 2.24) is 14.7 Å². The maximum atomic E-state index is 13.9. The molecule has 0 bridgehead atoms. The molecule has 1 aliphatic heterocycles. The van der Waals surface area contributed by atoms with Crippen LogP contribution in [-0.4, -0.2) is 59.9 Å². The number of nitrogens with zero attached hydrogens (tertiary/aromatic N) is 3. The number of amides is 1. The monoisotopic (exact) mass is 567 g/mol. The lowest BCUT2D eigenvalue weighted by Crippen LogP contribution is -2.48. The minimum Gasteiger partial charge on any atom is -0.494 e. The summed E-state index contributed by atoms with van der Waals surface area (Å²) in [5.41, 5.74) is 3.17. The van der Waals surface area contributed by atoms with E-state index in [9.17, 15) is 9.18 Å². The van der Waals surface area contributed by atoms with Crippen molar-refractivity contribution < 1.29 is 18.3 Å². The molecule has 0 unspecified atom stereocenters. The van der Waals surface area contributed by atoms with Crippen molar-refractivity contribution in [2.75, 3.05) is 39.3 Å². The minimum atomic E-state index is -0.258. The van der Waals surface area contributed by atoms with Gasteiger partial charge in [0.05, 0.1) is 13.2 Å². The molecule has 42 heavy (non-hydrogen) atoms. The van der Waals surface area contributed by atoms with E-state index < -0.39 is 0 Å². The summed E-state index contributed by atoms with van der Waals surface area (Å²) in [4.78, 5) is 19.6. The molecule has 1 saturated heterocycles. The van der Waals surface area contributed by atoms with Crippen LogP contribution in [0.1, 0.15) is 39.9 Å². The van der Waals surface area contributed by atoms with Gasteiger partial charge in [-0.05, 0) is 60.0 Å². The topological polar surface area (TPSA) is 49.2 Å². The molecule has 0 spiro atoms. The fourth-order valence-electron chi connectivity index (χ4n) is 5.17. The molecule has 5 rings (SSSR count). The predicted molar refractivity (Wildman–Crippen MR) is 163 cm³/mol. The Morgan fingerprint density at radius 2 is 1.64 bits per heavy atom. The van der Waals surface area contributed by atoms with Gasteiger partial charge in [-0.25, -0.2) is 4.39 Å². The fourth-order valence-corrected chi connectivity index (χ4v) is 5.17. The summed E-state index contributed by atoms with van der Waals surface area (Å²) in [6, 6.07) is 28.6. The number of rotatable bonds is 12. The van der Waals surface area contributed by atoms with Gasteiger partial charge in [0.1, 0.15) is 17.3 Å². The van der Waals surface area contributed by atoms with Crippen LogP contribution in [-0.2, 0) is 19.6 Å². The Kier molecular flexibility index (Phi) is 10.2. The van der Waals surface area contributed by atoms with Crippen molar-refractivity contribution in [2.45, 2.75) is 26.6 Å². The highest BCUT2D eigenvalue weighted by Gasteiger charge is 2.24. The first-order valence-electron chi connectivity index (χ1n) is 14.6. The van der Waals surface area contributed by atoms with Crippen molar-refractivity contribution in [3.8, 4) is 5.75 Å². The lowest BCUT2D eigenvalue weighted by atomic mass is 10.1. The number of hydrogen-bond donors (Lipinski definition) is 0.